The van der Waals surface area contributed by atoms with Gasteiger partial charge in [0, 0.05) is 6.54 Å². The van der Waals surface area contributed by atoms with Crippen molar-refractivity contribution >= 4 is 5.91 Å². The fraction of sp³-hybridized carbons (Fsp3) is 0.909. The summed E-state index contributed by atoms with van der Waals surface area (Å²) in [4.78, 5) is 11.6. The fourth-order valence-electron chi connectivity index (χ4n) is 2.18. The van der Waals surface area contributed by atoms with Gasteiger partial charge in [-0.05, 0) is 37.1 Å². The van der Waals surface area contributed by atoms with E-state index in [2.05, 4.69) is 24.5 Å². The number of hydrogen-bond acceptors (Lipinski definition) is 2. The van der Waals surface area contributed by atoms with Crippen molar-refractivity contribution in [1.29, 1.82) is 0 Å². The van der Waals surface area contributed by atoms with Crippen molar-refractivity contribution in [3.63, 3.8) is 0 Å². The molecule has 2 rings (SSSR count). The van der Waals surface area contributed by atoms with E-state index in [1.807, 2.05) is 0 Å². The van der Waals surface area contributed by atoms with Gasteiger partial charge in [-0.3, -0.25) is 4.79 Å². The summed E-state index contributed by atoms with van der Waals surface area (Å²) in [5.41, 5.74) is 0.469. The molecule has 2 fully saturated rings. The standard InChI is InChI=1S/C11H20N2O/c1-11(2)6-8(11)7-13-10(14)9-4-3-5-12-9/h8-9,12H,3-7H2,1-2H3,(H,13,14). The summed E-state index contributed by atoms with van der Waals surface area (Å²) in [7, 11) is 0. The average Bonchev–Trinajstić information content (AvgIpc) is 2.58. The van der Waals surface area contributed by atoms with Crippen molar-refractivity contribution in [3.05, 3.63) is 0 Å². The molecule has 1 saturated carbocycles. The highest BCUT2D eigenvalue weighted by Crippen LogP contribution is 2.50. The van der Waals surface area contributed by atoms with Gasteiger partial charge in [0.1, 0.15) is 0 Å². The Morgan fingerprint density at radius 1 is 1.57 bits per heavy atom. The van der Waals surface area contributed by atoms with E-state index in [0.29, 0.717) is 11.3 Å². The number of hydrogen-bond donors (Lipinski definition) is 2. The van der Waals surface area contributed by atoms with Gasteiger partial charge in [-0.25, -0.2) is 0 Å². The second-order valence-electron chi connectivity index (χ2n) is 5.28. The maximum absolute atomic E-state index is 11.6. The second kappa shape index (κ2) is 3.54. The van der Waals surface area contributed by atoms with Gasteiger partial charge in [0.05, 0.1) is 6.04 Å². The summed E-state index contributed by atoms with van der Waals surface area (Å²) in [5, 5.41) is 6.25. The number of carbonyl (C=O) groups is 1. The Kier molecular flexibility index (Phi) is 2.52. The SMILES string of the molecule is CC1(C)CC1CNC(=O)C1CCCN1. The first-order valence-corrected chi connectivity index (χ1v) is 5.61. The van der Waals surface area contributed by atoms with Crippen LogP contribution in [0.1, 0.15) is 33.1 Å². The molecular weight excluding hydrogens is 176 g/mol. The van der Waals surface area contributed by atoms with Gasteiger partial charge in [0.15, 0.2) is 0 Å². The molecule has 0 aromatic rings. The topological polar surface area (TPSA) is 41.1 Å². The molecule has 2 N–H and O–H groups in total. The molecule has 1 aliphatic heterocycles. The van der Waals surface area contributed by atoms with Crippen molar-refractivity contribution in [2.45, 2.75) is 39.2 Å². The zero-order valence-electron chi connectivity index (χ0n) is 9.10. The van der Waals surface area contributed by atoms with Crippen molar-refractivity contribution in [1.82, 2.24) is 10.6 Å². The maximum atomic E-state index is 11.6. The van der Waals surface area contributed by atoms with Crippen LogP contribution < -0.4 is 10.6 Å². The van der Waals surface area contributed by atoms with Gasteiger partial charge in [-0.2, -0.15) is 0 Å². The molecule has 2 unspecified atom stereocenters. The lowest BCUT2D eigenvalue weighted by Gasteiger charge is -2.11. The molecule has 1 saturated heterocycles. The molecule has 0 aromatic heterocycles. The molecule has 80 valence electrons. The van der Waals surface area contributed by atoms with Crippen molar-refractivity contribution < 1.29 is 4.79 Å². The molecule has 0 spiro atoms. The second-order valence-corrected chi connectivity index (χ2v) is 5.28. The van der Waals surface area contributed by atoms with Crippen LogP contribution in [0.5, 0.6) is 0 Å². The zero-order chi connectivity index (χ0) is 10.2. The van der Waals surface area contributed by atoms with Crippen LogP contribution in [0.2, 0.25) is 0 Å². The summed E-state index contributed by atoms with van der Waals surface area (Å²) in [6.07, 6.45) is 3.39. The zero-order valence-corrected chi connectivity index (χ0v) is 9.10. The molecule has 2 aliphatic rings. The normalized spacial score (nSPS) is 34.1. The van der Waals surface area contributed by atoms with Gasteiger partial charge in [-0.15, -0.1) is 0 Å². The van der Waals surface area contributed by atoms with Gasteiger partial charge in [0.25, 0.3) is 0 Å². The molecule has 0 aromatic carbocycles. The van der Waals surface area contributed by atoms with Crippen LogP contribution in [0.4, 0.5) is 0 Å². The van der Waals surface area contributed by atoms with Crippen LogP contribution in [0.15, 0.2) is 0 Å². The van der Waals surface area contributed by atoms with E-state index < -0.39 is 0 Å². The highest BCUT2D eigenvalue weighted by molar-refractivity contribution is 5.82. The van der Waals surface area contributed by atoms with Crippen LogP contribution in [0.3, 0.4) is 0 Å². The van der Waals surface area contributed by atoms with E-state index in [4.69, 9.17) is 0 Å². The van der Waals surface area contributed by atoms with Crippen LogP contribution in [-0.4, -0.2) is 25.0 Å². The molecule has 0 bridgehead atoms. The number of carbonyl (C=O) groups excluding carboxylic acids is 1. The number of amides is 1. The Bertz CT molecular complexity index is 231. The van der Waals surface area contributed by atoms with Gasteiger partial charge >= 0.3 is 0 Å². The Morgan fingerprint density at radius 2 is 2.29 bits per heavy atom. The summed E-state index contributed by atoms with van der Waals surface area (Å²) in [5.74, 6) is 0.901. The first kappa shape index (κ1) is 9.97. The quantitative estimate of drug-likeness (QED) is 0.704. The summed E-state index contributed by atoms with van der Waals surface area (Å²) < 4.78 is 0. The smallest absolute Gasteiger partial charge is 0.237 e. The van der Waals surface area contributed by atoms with E-state index >= 15 is 0 Å². The van der Waals surface area contributed by atoms with E-state index in [0.717, 1.165) is 25.9 Å². The molecule has 1 amide bonds. The van der Waals surface area contributed by atoms with E-state index in [1.54, 1.807) is 0 Å². The lowest BCUT2D eigenvalue weighted by Crippen LogP contribution is -2.41. The summed E-state index contributed by atoms with van der Waals surface area (Å²) in [6.45, 7) is 6.38. The molecule has 1 aliphatic carbocycles. The minimum absolute atomic E-state index is 0.0804. The van der Waals surface area contributed by atoms with Crippen LogP contribution in [0, 0.1) is 11.3 Å². The number of nitrogens with one attached hydrogen (secondary N) is 2. The fourth-order valence-corrected chi connectivity index (χ4v) is 2.18. The summed E-state index contributed by atoms with van der Waals surface area (Å²) in [6, 6.07) is 0.0804. The Morgan fingerprint density at radius 3 is 2.79 bits per heavy atom. The molecular formula is C11H20N2O. The lowest BCUT2D eigenvalue weighted by atomic mass is 10.1. The van der Waals surface area contributed by atoms with Crippen molar-refractivity contribution in [3.8, 4) is 0 Å². The predicted molar refractivity (Wildman–Crippen MR) is 55.9 cm³/mol. The summed E-state index contributed by atoms with van der Waals surface area (Å²) >= 11 is 0. The van der Waals surface area contributed by atoms with Gasteiger partial charge in [-0.1, -0.05) is 13.8 Å². The molecule has 1 heterocycles. The maximum Gasteiger partial charge on any atom is 0.237 e. The van der Waals surface area contributed by atoms with Crippen LogP contribution in [-0.2, 0) is 4.79 Å². The number of rotatable bonds is 3. The first-order valence-electron chi connectivity index (χ1n) is 5.61. The van der Waals surface area contributed by atoms with Gasteiger partial charge in [0.2, 0.25) is 5.91 Å². The van der Waals surface area contributed by atoms with Crippen LogP contribution >= 0.6 is 0 Å². The third-order valence-corrected chi connectivity index (χ3v) is 3.62. The minimum atomic E-state index is 0.0804. The molecule has 14 heavy (non-hydrogen) atoms. The minimum Gasteiger partial charge on any atom is -0.354 e. The highest BCUT2D eigenvalue weighted by Gasteiger charge is 2.45. The Hall–Kier alpha value is -0.570. The van der Waals surface area contributed by atoms with Gasteiger partial charge < -0.3 is 10.6 Å². The molecule has 3 heteroatoms. The van der Waals surface area contributed by atoms with Crippen molar-refractivity contribution in [2.75, 3.05) is 13.1 Å². The molecule has 2 atom stereocenters. The molecule has 3 nitrogen and oxygen atoms in total. The monoisotopic (exact) mass is 196 g/mol. The highest BCUT2D eigenvalue weighted by atomic mass is 16.2. The van der Waals surface area contributed by atoms with Crippen molar-refractivity contribution in [2.24, 2.45) is 11.3 Å². The largest absolute Gasteiger partial charge is 0.354 e. The predicted octanol–water partition coefficient (Wildman–Crippen LogP) is 0.901. The van der Waals surface area contributed by atoms with E-state index in [1.165, 1.54) is 6.42 Å². The molecule has 0 radical (unpaired) electrons. The first-order chi connectivity index (χ1) is 6.59. The van der Waals surface area contributed by atoms with Crippen LogP contribution in [0.25, 0.3) is 0 Å². The third kappa shape index (κ3) is 2.08. The Balaban J connectivity index is 1.68. The Labute approximate surface area is 85.6 Å². The third-order valence-electron chi connectivity index (χ3n) is 3.62. The lowest BCUT2D eigenvalue weighted by molar-refractivity contribution is -0.122. The van der Waals surface area contributed by atoms with E-state index in [-0.39, 0.29) is 11.9 Å². The van der Waals surface area contributed by atoms with E-state index in [9.17, 15) is 4.79 Å². The average molecular weight is 196 g/mol.